The van der Waals surface area contributed by atoms with Gasteiger partial charge in [-0.15, -0.1) is 16.4 Å². The van der Waals surface area contributed by atoms with Crippen molar-refractivity contribution in [3.8, 4) is 16.4 Å². The van der Waals surface area contributed by atoms with E-state index in [4.69, 9.17) is 0 Å². The summed E-state index contributed by atoms with van der Waals surface area (Å²) in [5.41, 5.74) is 0.646. The van der Waals surface area contributed by atoms with E-state index in [0.29, 0.717) is 18.1 Å². The molecule has 0 aliphatic rings. The minimum Gasteiger partial charge on any atom is -0.350 e. The first-order valence-electron chi connectivity index (χ1n) is 6.74. The summed E-state index contributed by atoms with van der Waals surface area (Å²) < 4.78 is 14.7. The zero-order valence-electron chi connectivity index (χ0n) is 11.8. The number of amides is 1. The third-order valence-electron chi connectivity index (χ3n) is 2.96. The van der Waals surface area contributed by atoms with E-state index >= 15 is 0 Å². The van der Waals surface area contributed by atoms with Gasteiger partial charge in [0.1, 0.15) is 5.82 Å². The van der Waals surface area contributed by atoms with Crippen molar-refractivity contribution in [1.82, 2.24) is 20.1 Å². The molecular weight excluding hydrogens is 303 g/mol. The van der Waals surface area contributed by atoms with E-state index in [0.717, 1.165) is 4.88 Å². The van der Waals surface area contributed by atoms with E-state index in [9.17, 15) is 9.18 Å². The highest BCUT2D eigenvalue weighted by Crippen LogP contribution is 2.25. The number of nitrogens with zero attached hydrogens (tertiary/aromatic N) is 3. The molecule has 0 bridgehead atoms. The van der Waals surface area contributed by atoms with Crippen LogP contribution in [0.25, 0.3) is 16.4 Å². The predicted octanol–water partition coefficient (Wildman–Crippen LogP) is 2.88. The number of hydrogen-bond acceptors (Lipinski definition) is 4. The first-order chi connectivity index (χ1) is 10.7. The van der Waals surface area contributed by atoms with Crippen LogP contribution in [-0.4, -0.2) is 27.2 Å². The van der Waals surface area contributed by atoms with Gasteiger partial charge >= 0.3 is 0 Å². The Kier molecular flexibility index (Phi) is 3.97. The maximum absolute atomic E-state index is 13.1. The molecule has 2 aromatic heterocycles. The van der Waals surface area contributed by atoms with E-state index in [1.807, 2.05) is 24.4 Å². The van der Waals surface area contributed by atoms with E-state index in [2.05, 4.69) is 15.4 Å². The second-order valence-corrected chi connectivity index (χ2v) is 5.43. The molecule has 0 spiro atoms. The summed E-state index contributed by atoms with van der Waals surface area (Å²) in [4.78, 5) is 17.2. The van der Waals surface area contributed by atoms with Gasteiger partial charge in [-0.05, 0) is 42.6 Å². The van der Waals surface area contributed by atoms with Gasteiger partial charge in [0.2, 0.25) is 5.82 Å². The van der Waals surface area contributed by atoms with Crippen molar-refractivity contribution in [3.05, 3.63) is 53.4 Å². The molecule has 0 fully saturated rings. The molecule has 7 heteroatoms. The number of benzene rings is 1. The third kappa shape index (κ3) is 2.75. The molecule has 112 valence electrons. The third-order valence-corrected chi connectivity index (χ3v) is 3.83. The molecule has 0 unspecified atom stereocenters. The SMILES string of the molecule is CCNC(=O)c1nc(-c2cccs2)n(-c2ccc(F)cc2)n1. The first-order valence-corrected chi connectivity index (χ1v) is 7.62. The number of carbonyl (C=O) groups is 1. The molecule has 22 heavy (non-hydrogen) atoms. The Morgan fingerprint density at radius 2 is 2.09 bits per heavy atom. The Bertz CT molecular complexity index is 780. The van der Waals surface area contributed by atoms with Crippen LogP contribution in [0.3, 0.4) is 0 Å². The predicted molar refractivity (Wildman–Crippen MR) is 82.6 cm³/mol. The summed E-state index contributed by atoms with van der Waals surface area (Å²) in [6, 6.07) is 9.69. The van der Waals surface area contributed by atoms with E-state index < -0.39 is 0 Å². The fourth-order valence-corrected chi connectivity index (χ4v) is 2.67. The summed E-state index contributed by atoms with van der Waals surface area (Å²) in [5, 5.41) is 8.86. The number of nitrogens with one attached hydrogen (secondary N) is 1. The van der Waals surface area contributed by atoms with Gasteiger partial charge in [-0.3, -0.25) is 4.79 Å². The Morgan fingerprint density at radius 3 is 2.73 bits per heavy atom. The largest absolute Gasteiger partial charge is 0.350 e. The fraction of sp³-hybridized carbons (Fsp3) is 0.133. The number of aromatic nitrogens is 3. The molecule has 1 N–H and O–H groups in total. The minimum atomic E-state index is -0.332. The molecule has 3 rings (SSSR count). The Balaban J connectivity index is 2.10. The second-order valence-electron chi connectivity index (χ2n) is 4.48. The van der Waals surface area contributed by atoms with Crippen LogP contribution in [0.5, 0.6) is 0 Å². The normalized spacial score (nSPS) is 10.6. The van der Waals surface area contributed by atoms with Gasteiger partial charge in [-0.25, -0.2) is 14.1 Å². The van der Waals surface area contributed by atoms with Crippen molar-refractivity contribution in [2.45, 2.75) is 6.92 Å². The average Bonchev–Trinajstić information content (AvgIpc) is 3.17. The zero-order valence-corrected chi connectivity index (χ0v) is 12.6. The molecule has 5 nitrogen and oxygen atoms in total. The van der Waals surface area contributed by atoms with E-state index in [1.54, 1.807) is 16.8 Å². The van der Waals surface area contributed by atoms with Crippen molar-refractivity contribution in [2.24, 2.45) is 0 Å². The summed E-state index contributed by atoms with van der Waals surface area (Å²) in [6.45, 7) is 2.33. The standard InChI is InChI=1S/C15H13FN4OS/c1-2-17-15(21)13-18-14(12-4-3-9-22-12)20(19-13)11-7-5-10(16)6-8-11/h3-9H,2H2,1H3,(H,17,21). The molecule has 2 heterocycles. The molecule has 1 aromatic carbocycles. The Labute approximate surface area is 130 Å². The van der Waals surface area contributed by atoms with Gasteiger partial charge in [-0.1, -0.05) is 6.07 Å². The van der Waals surface area contributed by atoms with Crippen LogP contribution in [0.15, 0.2) is 41.8 Å². The monoisotopic (exact) mass is 316 g/mol. The lowest BCUT2D eigenvalue weighted by molar-refractivity contribution is 0.0945. The number of rotatable bonds is 4. The van der Waals surface area contributed by atoms with Crippen molar-refractivity contribution in [1.29, 1.82) is 0 Å². The van der Waals surface area contributed by atoms with Crippen LogP contribution in [0.2, 0.25) is 0 Å². The summed E-state index contributed by atoms with van der Waals surface area (Å²) in [7, 11) is 0. The highest BCUT2D eigenvalue weighted by molar-refractivity contribution is 7.13. The van der Waals surface area contributed by atoms with E-state index in [1.165, 1.54) is 23.5 Å². The van der Waals surface area contributed by atoms with Crippen LogP contribution in [0.1, 0.15) is 17.5 Å². The molecule has 0 atom stereocenters. The van der Waals surface area contributed by atoms with Gasteiger partial charge in [-0.2, -0.15) is 0 Å². The van der Waals surface area contributed by atoms with Crippen molar-refractivity contribution < 1.29 is 9.18 Å². The van der Waals surface area contributed by atoms with Crippen molar-refractivity contribution in [3.63, 3.8) is 0 Å². The lowest BCUT2D eigenvalue weighted by atomic mass is 10.3. The first kappa shape index (κ1) is 14.4. The van der Waals surface area contributed by atoms with E-state index in [-0.39, 0.29) is 17.5 Å². The minimum absolute atomic E-state index is 0.0922. The molecule has 0 saturated heterocycles. The van der Waals surface area contributed by atoms with Crippen LogP contribution in [0, 0.1) is 5.82 Å². The summed E-state index contributed by atoms with van der Waals surface area (Å²) in [6.07, 6.45) is 0. The van der Waals surface area contributed by atoms with Crippen LogP contribution in [0.4, 0.5) is 4.39 Å². The Morgan fingerprint density at radius 1 is 1.32 bits per heavy atom. The highest BCUT2D eigenvalue weighted by atomic mass is 32.1. The van der Waals surface area contributed by atoms with Crippen LogP contribution < -0.4 is 5.32 Å². The van der Waals surface area contributed by atoms with Gasteiger partial charge in [0.15, 0.2) is 5.82 Å². The van der Waals surface area contributed by atoms with Crippen molar-refractivity contribution in [2.75, 3.05) is 6.54 Å². The molecule has 0 saturated carbocycles. The Hall–Kier alpha value is -2.54. The second kappa shape index (κ2) is 6.07. The number of carbonyl (C=O) groups excluding carboxylic acids is 1. The summed E-state index contributed by atoms with van der Waals surface area (Å²) >= 11 is 1.50. The smallest absolute Gasteiger partial charge is 0.290 e. The molecule has 3 aromatic rings. The molecule has 0 radical (unpaired) electrons. The van der Waals surface area contributed by atoms with Crippen LogP contribution >= 0.6 is 11.3 Å². The average molecular weight is 316 g/mol. The number of thiophene rings is 1. The van der Waals surface area contributed by atoms with Crippen LogP contribution in [-0.2, 0) is 0 Å². The quantitative estimate of drug-likeness (QED) is 0.805. The molecular formula is C15H13FN4OS. The van der Waals surface area contributed by atoms with Gasteiger partial charge in [0.05, 0.1) is 10.6 Å². The number of halogens is 1. The zero-order chi connectivity index (χ0) is 15.5. The highest BCUT2D eigenvalue weighted by Gasteiger charge is 2.18. The maximum Gasteiger partial charge on any atom is 0.290 e. The van der Waals surface area contributed by atoms with Crippen molar-refractivity contribution >= 4 is 17.2 Å². The van der Waals surface area contributed by atoms with Gasteiger partial charge in [0, 0.05) is 6.54 Å². The topological polar surface area (TPSA) is 59.8 Å². The number of hydrogen-bond donors (Lipinski definition) is 1. The lowest BCUT2D eigenvalue weighted by Gasteiger charge is -2.03. The molecule has 1 amide bonds. The molecule has 0 aliphatic heterocycles. The maximum atomic E-state index is 13.1. The fourth-order valence-electron chi connectivity index (χ4n) is 1.98. The van der Waals surface area contributed by atoms with Gasteiger partial charge < -0.3 is 5.32 Å². The van der Waals surface area contributed by atoms with Gasteiger partial charge in [0.25, 0.3) is 5.91 Å². The lowest BCUT2D eigenvalue weighted by Crippen LogP contribution is -2.24. The summed E-state index contributed by atoms with van der Waals surface area (Å²) in [5.74, 6) is -0.0101. The molecule has 0 aliphatic carbocycles.